The normalized spacial score (nSPS) is 15.6. The van der Waals surface area contributed by atoms with Gasteiger partial charge in [0.05, 0.1) is 18.3 Å². The molecule has 3 atom stereocenters. The van der Waals surface area contributed by atoms with E-state index in [0.717, 1.165) is 27.8 Å². The second-order valence-electron chi connectivity index (χ2n) is 6.20. The summed E-state index contributed by atoms with van der Waals surface area (Å²) < 4.78 is 0. The van der Waals surface area contributed by atoms with E-state index in [9.17, 15) is 15.3 Å². The Balaban J connectivity index is 3.49. The molecule has 5 nitrogen and oxygen atoms in total. The molecule has 0 heterocycles. The van der Waals surface area contributed by atoms with Gasteiger partial charge < -0.3 is 26.8 Å². The third-order valence-electron chi connectivity index (χ3n) is 3.79. The van der Waals surface area contributed by atoms with Crippen LogP contribution in [0.3, 0.4) is 0 Å². The maximum atomic E-state index is 9.79. The average Bonchev–Trinajstić information content (AvgIpc) is 2.39. The number of aliphatic hydroxyl groups excluding tert-OH is 3. The van der Waals surface area contributed by atoms with E-state index in [-0.39, 0.29) is 0 Å². The van der Waals surface area contributed by atoms with Gasteiger partial charge in [-0.25, -0.2) is 0 Å². The van der Waals surface area contributed by atoms with Crippen molar-refractivity contribution in [2.75, 3.05) is 0 Å². The van der Waals surface area contributed by atoms with E-state index in [1.54, 1.807) is 20.8 Å². The smallest absolute Gasteiger partial charge is 0.0552 e. The first-order valence-electron chi connectivity index (χ1n) is 7.89. The lowest BCUT2D eigenvalue weighted by Crippen LogP contribution is -2.21. The third kappa shape index (κ3) is 5.04. The molecule has 0 saturated carbocycles. The molecule has 126 valence electrons. The Bertz CT molecular complexity index is 485. The molecule has 0 aliphatic heterocycles. The largest absolute Gasteiger partial charge is 0.393 e. The van der Waals surface area contributed by atoms with Gasteiger partial charge in [-0.3, -0.25) is 0 Å². The quantitative estimate of drug-likeness (QED) is 0.476. The summed E-state index contributed by atoms with van der Waals surface area (Å²) >= 11 is 0. The van der Waals surface area contributed by atoms with Gasteiger partial charge in [0, 0.05) is 13.1 Å². The number of aliphatic hydroxyl groups is 3. The van der Waals surface area contributed by atoms with Gasteiger partial charge in [0.1, 0.15) is 0 Å². The van der Waals surface area contributed by atoms with Crippen LogP contribution in [0.4, 0.5) is 0 Å². The van der Waals surface area contributed by atoms with E-state index in [4.69, 9.17) is 11.5 Å². The van der Waals surface area contributed by atoms with E-state index in [1.165, 1.54) is 0 Å². The van der Waals surface area contributed by atoms with Crippen LogP contribution < -0.4 is 11.5 Å². The van der Waals surface area contributed by atoms with E-state index in [2.05, 4.69) is 0 Å². The molecule has 1 aromatic rings. The summed E-state index contributed by atoms with van der Waals surface area (Å²) in [7, 11) is 0. The molecule has 22 heavy (non-hydrogen) atoms. The van der Waals surface area contributed by atoms with Crippen molar-refractivity contribution in [1.82, 2.24) is 0 Å². The molecule has 7 N–H and O–H groups in total. The molecule has 5 heteroatoms. The fraction of sp³-hybridized carbons (Fsp3) is 0.647. The summed E-state index contributed by atoms with van der Waals surface area (Å²) in [6.07, 6.45) is 0.0237. The van der Waals surface area contributed by atoms with Crippen LogP contribution in [0, 0.1) is 0 Å². The lowest BCUT2D eigenvalue weighted by Gasteiger charge is -2.23. The van der Waals surface area contributed by atoms with E-state index >= 15 is 0 Å². The molecule has 0 saturated heterocycles. The number of benzene rings is 1. The number of rotatable bonds is 8. The number of nitrogens with two attached hydrogens (primary N) is 2. The van der Waals surface area contributed by atoms with E-state index < -0.39 is 18.3 Å². The van der Waals surface area contributed by atoms with Gasteiger partial charge in [0.25, 0.3) is 0 Å². The molecular weight excluding hydrogens is 280 g/mol. The summed E-state index contributed by atoms with van der Waals surface area (Å²) in [4.78, 5) is 0. The standard InChI is InChI=1S/C17H30N2O3/c1-10(20)4-13-7-14(5-11(2)21)16(8-18)17(9-19)15(13)6-12(3)22/h7,10-12,20-22H,4-6,8-9,18-19H2,1-3H3. The first kappa shape index (κ1) is 19.1. The zero-order chi connectivity index (χ0) is 16.9. The van der Waals surface area contributed by atoms with Crippen molar-refractivity contribution in [2.24, 2.45) is 11.5 Å². The van der Waals surface area contributed by atoms with Gasteiger partial charge in [0.15, 0.2) is 0 Å². The lowest BCUT2D eigenvalue weighted by molar-refractivity contribution is 0.188. The van der Waals surface area contributed by atoms with Crippen LogP contribution >= 0.6 is 0 Å². The molecule has 1 rings (SSSR count). The zero-order valence-electron chi connectivity index (χ0n) is 13.8. The van der Waals surface area contributed by atoms with E-state index in [1.807, 2.05) is 6.07 Å². The molecule has 0 aliphatic rings. The van der Waals surface area contributed by atoms with Crippen LogP contribution in [0.25, 0.3) is 0 Å². The van der Waals surface area contributed by atoms with Crippen LogP contribution in [-0.2, 0) is 32.4 Å². The summed E-state index contributed by atoms with van der Waals surface area (Å²) in [5, 5.41) is 29.3. The molecule has 0 spiro atoms. The fourth-order valence-corrected chi connectivity index (χ4v) is 3.01. The molecule has 0 aliphatic carbocycles. The number of hydrogen-bond donors (Lipinski definition) is 5. The minimum absolute atomic E-state index is 0.328. The highest BCUT2D eigenvalue weighted by atomic mass is 16.3. The highest BCUT2D eigenvalue weighted by molar-refractivity contribution is 5.47. The highest BCUT2D eigenvalue weighted by Gasteiger charge is 2.19. The maximum Gasteiger partial charge on any atom is 0.0552 e. The van der Waals surface area contributed by atoms with Crippen LogP contribution in [0.2, 0.25) is 0 Å². The van der Waals surface area contributed by atoms with Gasteiger partial charge in [-0.05, 0) is 67.9 Å². The van der Waals surface area contributed by atoms with Crippen LogP contribution in [-0.4, -0.2) is 33.6 Å². The summed E-state index contributed by atoms with van der Waals surface area (Å²) in [5.41, 5.74) is 16.7. The van der Waals surface area contributed by atoms with E-state index in [0.29, 0.717) is 32.4 Å². The minimum atomic E-state index is -0.494. The minimum Gasteiger partial charge on any atom is -0.393 e. The van der Waals surface area contributed by atoms with Crippen molar-refractivity contribution < 1.29 is 15.3 Å². The Kier molecular flexibility index (Phi) is 7.45. The molecule has 0 amide bonds. The summed E-state index contributed by atoms with van der Waals surface area (Å²) in [5.74, 6) is 0. The SMILES string of the molecule is CC(O)Cc1cc(CC(C)O)c(CC(C)O)c(CN)c1CN. The Morgan fingerprint density at radius 3 is 1.50 bits per heavy atom. The van der Waals surface area contributed by atoms with Crippen LogP contribution in [0.1, 0.15) is 48.6 Å². The summed E-state index contributed by atoms with van der Waals surface area (Å²) in [6, 6.07) is 2.00. The van der Waals surface area contributed by atoms with Crippen molar-refractivity contribution in [1.29, 1.82) is 0 Å². The van der Waals surface area contributed by atoms with Crippen molar-refractivity contribution in [3.8, 4) is 0 Å². The topological polar surface area (TPSA) is 113 Å². The van der Waals surface area contributed by atoms with Crippen molar-refractivity contribution in [3.63, 3.8) is 0 Å². The van der Waals surface area contributed by atoms with Gasteiger partial charge in [-0.2, -0.15) is 0 Å². The monoisotopic (exact) mass is 310 g/mol. The van der Waals surface area contributed by atoms with Gasteiger partial charge in [-0.1, -0.05) is 6.07 Å². The summed E-state index contributed by atoms with van der Waals surface area (Å²) in [6.45, 7) is 5.88. The van der Waals surface area contributed by atoms with Gasteiger partial charge in [0.2, 0.25) is 0 Å². The van der Waals surface area contributed by atoms with Crippen molar-refractivity contribution in [3.05, 3.63) is 33.9 Å². The second-order valence-corrected chi connectivity index (χ2v) is 6.20. The predicted octanol–water partition coefficient (Wildman–Crippen LogP) is 0.374. The Morgan fingerprint density at radius 2 is 1.14 bits per heavy atom. The molecule has 3 unspecified atom stereocenters. The van der Waals surface area contributed by atoms with Crippen LogP contribution in [0.5, 0.6) is 0 Å². The maximum absolute atomic E-state index is 9.79. The van der Waals surface area contributed by atoms with Gasteiger partial charge in [-0.15, -0.1) is 0 Å². The fourth-order valence-electron chi connectivity index (χ4n) is 3.01. The van der Waals surface area contributed by atoms with Crippen molar-refractivity contribution >= 4 is 0 Å². The third-order valence-corrected chi connectivity index (χ3v) is 3.79. The first-order valence-corrected chi connectivity index (χ1v) is 7.89. The highest BCUT2D eigenvalue weighted by Crippen LogP contribution is 2.27. The Labute approximate surface area is 133 Å². The number of hydrogen-bond acceptors (Lipinski definition) is 5. The Morgan fingerprint density at radius 1 is 0.727 bits per heavy atom. The Hall–Kier alpha value is -0.980. The molecular formula is C17H30N2O3. The molecule has 0 radical (unpaired) electrons. The molecule has 0 aromatic heterocycles. The zero-order valence-corrected chi connectivity index (χ0v) is 13.8. The second kappa shape index (κ2) is 8.60. The van der Waals surface area contributed by atoms with Crippen molar-refractivity contribution in [2.45, 2.75) is 71.4 Å². The predicted molar refractivity (Wildman–Crippen MR) is 88.4 cm³/mol. The molecule has 0 fully saturated rings. The lowest BCUT2D eigenvalue weighted by atomic mass is 9.85. The van der Waals surface area contributed by atoms with Crippen LogP contribution in [0.15, 0.2) is 6.07 Å². The molecule has 0 bridgehead atoms. The average molecular weight is 310 g/mol. The first-order chi connectivity index (χ1) is 10.3. The molecule has 1 aromatic carbocycles. The van der Waals surface area contributed by atoms with Gasteiger partial charge >= 0.3 is 0 Å².